The Labute approximate surface area is 104 Å². The fourth-order valence-corrected chi connectivity index (χ4v) is 1.89. The maximum absolute atomic E-state index is 5.86. The first kappa shape index (κ1) is 10.7. The van der Waals surface area contributed by atoms with Gasteiger partial charge in [0.05, 0.1) is 0 Å². The standard InChI is InChI=1S/C14H13N3O/c1-8-5-13-12(7-11(8)16)17-14(18-13)9-3-2-4-10(15)6-9/h2-7H,15-16H2,1H3. The van der Waals surface area contributed by atoms with E-state index < -0.39 is 0 Å². The summed E-state index contributed by atoms with van der Waals surface area (Å²) >= 11 is 0. The van der Waals surface area contributed by atoms with Crippen molar-refractivity contribution in [1.29, 1.82) is 0 Å². The third kappa shape index (κ3) is 1.68. The number of fused-ring (bicyclic) bond motifs is 1. The summed E-state index contributed by atoms with van der Waals surface area (Å²) in [7, 11) is 0. The van der Waals surface area contributed by atoms with Gasteiger partial charge in [0.1, 0.15) is 5.52 Å². The molecular weight excluding hydrogens is 226 g/mol. The molecule has 0 unspecified atom stereocenters. The van der Waals surface area contributed by atoms with Gasteiger partial charge in [-0.15, -0.1) is 0 Å². The van der Waals surface area contributed by atoms with E-state index in [4.69, 9.17) is 15.9 Å². The first-order valence-corrected chi connectivity index (χ1v) is 5.66. The molecule has 0 amide bonds. The molecule has 0 radical (unpaired) electrons. The minimum absolute atomic E-state index is 0.558. The van der Waals surface area contributed by atoms with Crippen molar-refractivity contribution in [2.24, 2.45) is 0 Å². The Morgan fingerprint density at radius 2 is 1.94 bits per heavy atom. The third-order valence-corrected chi connectivity index (χ3v) is 2.91. The summed E-state index contributed by atoms with van der Waals surface area (Å²) in [5, 5.41) is 0. The van der Waals surface area contributed by atoms with Crippen molar-refractivity contribution in [3.63, 3.8) is 0 Å². The number of aryl methyl sites for hydroxylation is 1. The van der Waals surface area contributed by atoms with E-state index in [1.54, 1.807) is 0 Å². The molecule has 1 heterocycles. The molecule has 0 spiro atoms. The van der Waals surface area contributed by atoms with Crippen LogP contribution >= 0.6 is 0 Å². The van der Waals surface area contributed by atoms with Gasteiger partial charge in [-0.05, 0) is 42.8 Å². The molecule has 0 atom stereocenters. The maximum atomic E-state index is 5.86. The smallest absolute Gasteiger partial charge is 0.227 e. The molecule has 0 aliphatic rings. The van der Waals surface area contributed by atoms with Crippen LogP contribution in [-0.2, 0) is 0 Å². The highest BCUT2D eigenvalue weighted by Gasteiger charge is 2.09. The van der Waals surface area contributed by atoms with Gasteiger partial charge >= 0.3 is 0 Å². The Bertz CT molecular complexity index is 692. The zero-order chi connectivity index (χ0) is 12.7. The minimum Gasteiger partial charge on any atom is -0.436 e. The van der Waals surface area contributed by atoms with E-state index in [2.05, 4.69) is 4.98 Å². The van der Waals surface area contributed by atoms with Crippen molar-refractivity contribution < 1.29 is 4.42 Å². The minimum atomic E-state index is 0.558. The predicted molar refractivity (Wildman–Crippen MR) is 73.0 cm³/mol. The molecule has 0 aliphatic carbocycles. The second kappa shape index (κ2) is 3.77. The van der Waals surface area contributed by atoms with Crippen molar-refractivity contribution in [3.05, 3.63) is 42.0 Å². The molecule has 3 rings (SSSR count). The van der Waals surface area contributed by atoms with Crippen molar-refractivity contribution in [2.75, 3.05) is 11.5 Å². The van der Waals surface area contributed by atoms with Crippen LogP contribution in [0.2, 0.25) is 0 Å². The number of rotatable bonds is 1. The second-order valence-corrected chi connectivity index (χ2v) is 4.32. The fourth-order valence-electron chi connectivity index (χ4n) is 1.89. The quantitative estimate of drug-likeness (QED) is 0.640. The average molecular weight is 239 g/mol. The molecule has 0 aliphatic heterocycles. The van der Waals surface area contributed by atoms with Crippen LogP contribution in [-0.4, -0.2) is 4.98 Å². The van der Waals surface area contributed by atoms with Crippen molar-refractivity contribution in [3.8, 4) is 11.5 Å². The maximum Gasteiger partial charge on any atom is 0.227 e. The van der Waals surface area contributed by atoms with Gasteiger partial charge in [-0.25, -0.2) is 4.98 Å². The summed E-state index contributed by atoms with van der Waals surface area (Å²) in [5.41, 5.74) is 16.4. The summed E-state index contributed by atoms with van der Waals surface area (Å²) < 4.78 is 5.72. The third-order valence-electron chi connectivity index (χ3n) is 2.91. The number of nitrogens with zero attached hydrogens (tertiary/aromatic N) is 1. The lowest BCUT2D eigenvalue weighted by atomic mass is 10.2. The van der Waals surface area contributed by atoms with Gasteiger partial charge in [-0.2, -0.15) is 0 Å². The van der Waals surface area contributed by atoms with Gasteiger partial charge in [0.2, 0.25) is 5.89 Å². The summed E-state index contributed by atoms with van der Waals surface area (Å²) in [6, 6.07) is 11.2. The highest BCUT2D eigenvalue weighted by atomic mass is 16.3. The zero-order valence-electron chi connectivity index (χ0n) is 9.97. The summed E-state index contributed by atoms with van der Waals surface area (Å²) in [6.07, 6.45) is 0. The number of benzene rings is 2. The molecular formula is C14H13N3O. The number of hydrogen-bond acceptors (Lipinski definition) is 4. The number of hydrogen-bond donors (Lipinski definition) is 2. The van der Waals surface area contributed by atoms with Gasteiger partial charge in [-0.1, -0.05) is 6.07 Å². The number of nitrogen functional groups attached to an aromatic ring is 2. The summed E-state index contributed by atoms with van der Waals surface area (Å²) in [6.45, 7) is 1.94. The van der Waals surface area contributed by atoms with Gasteiger partial charge in [-0.3, -0.25) is 0 Å². The molecule has 0 saturated heterocycles. The van der Waals surface area contributed by atoms with Crippen LogP contribution in [0.3, 0.4) is 0 Å². The van der Waals surface area contributed by atoms with Crippen LogP contribution in [0.15, 0.2) is 40.8 Å². The number of nitrogens with two attached hydrogens (primary N) is 2. The Balaban J connectivity index is 2.19. The monoisotopic (exact) mass is 239 g/mol. The van der Waals surface area contributed by atoms with E-state index in [-0.39, 0.29) is 0 Å². The molecule has 18 heavy (non-hydrogen) atoms. The summed E-state index contributed by atoms with van der Waals surface area (Å²) in [4.78, 5) is 4.42. The van der Waals surface area contributed by atoms with Gasteiger partial charge < -0.3 is 15.9 Å². The van der Waals surface area contributed by atoms with Crippen LogP contribution in [0.1, 0.15) is 5.56 Å². The zero-order valence-corrected chi connectivity index (χ0v) is 9.97. The van der Waals surface area contributed by atoms with Crippen LogP contribution < -0.4 is 11.5 Å². The fraction of sp³-hybridized carbons (Fsp3) is 0.0714. The lowest BCUT2D eigenvalue weighted by Gasteiger charge is -1.96. The SMILES string of the molecule is Cc1cc2oc(-c3cccc(N)c3)nc2cc1N. The van der Waals surface area contributed by atoms with Gasteiger partial charge in [0, 0.05) is 16.9 Å². The first-order valence-electron chi connectivity index (χ1n) is 5.66. The number of oxazole rings is 1. The average Bonchev–Trinajstić information content (AvgIpc) is 2.73. The van der Waals surface area contributed by atoms with E-state index in [9.17, 15) is 0 Å². The van der Waals surface area contributed by atoms with Crippen molar-refractivity contribution >= 4 is 22.5 Å². The topological polar surface area (TPSA) is 78.1 Å². The Hall–Kier alpha value is -2.49. The van der Waals surface area contributed by atoms with Gasteiger partial charge in [0.15, 0.2) is 5.58 Å². The van der Waals surface area contributed by atoms with E-state index in [0.29, 0.717) is 11.6 Å². The highest BCUT2D eigenvalue weighted by molar-refractivity contribution is 5.81. The molecule has 0 fully saturated rings. The van der Waals surface area contributed by atoms with Crippen molar-refractivity contribution in [1.82, 2.24) is 4.98 Å². The molecule has 2 aromatic carbocycles. The van der Waals surface area contributed by atoms with Gasteiger partial charge in [0.25, 0.3) is 0 Å². The second-order valence-electron chi connectivity index (χ2n) is 4.32. The number of aromatic nitrogens is 1. The lowest BCUT2D eigenvalue weighted by molar-refractivity contribution is 0.619. The first-order chi connectivity index (χ1) is 8.63. The molecule has 1 aromatic heterocycles. The lowest BCUT2D eigenvalue weighted by Crippen LogP contribution is -1.88. The summed E-state index contributed by atoms with van der Waals surface area (Å²) in [5.74, 6) is 0.558. The van der Waals surface area contributed by atoms with E-state index in [1.165, 1.54) is 0 Å². The molecule has 3 aromatic rings. The van der Waals surface area contributed by atoms with E-state index >= 15 is 0 Å². The normalized spacial score (nSPS) is 10.9. The molecule has 4 N–H and O–H groups in total. The molecule has 0 saturated carbocycles. The van der Waals surface area contributed by atoms with Crippen LogP contribution in [0.25, 0.3) is 22.6 Å². The molecule has 4 heteroatoms. The highest BCUT2D eigenvalue weighted by Crippen LogP contribution is 2.27. The predicted octanol–water partition coefficient (Wildman–Crippen LogP) is 2.97. The van der Waals surface area contributed by atoms with Crippen molar-refractivity contribution in [2.45, 2.75) is 6.92 Å². The van der Waals surface area contributed by atoms with Crippen LogP contribution in [0.4, 0.5) is 11.4 Å². The largest absolute Gasteiger partial charge is 0.436 e. The molecule has 0 bridgehead atoms. The van der Waals surface area contributed by atoms with E-state index in [0.717, 1.165) is 27.9 Å². The Morgan fingerprint density at radius 3 is 2.72 bits per heavy atom. The Morgan fingerprint density at radius 1 is 1.11 bits per heavy atom. The van der Waals surface area contributed by atoms with Crippen LogP contribution in [0, 0.1) is 6.92 Å². The molecule has 4 nitrogen and oxygen atoms in total. The van der Waals surface area contributed by atoms with Crippen LogP contribution in [0.5, 0.6) is 0 Å². The Kier molecular flexibility index (Phi) is 2.23. The molecule has 90 valence electrons. The van der Waals surface area contributed by atoms with E-state index in [1.807, 2.05) is 43.3 Å². The number of anilines is 2.